The van der Waals surface area contributed by atoms with Crippen molar-refractivity contribution < 1.29 is 0 Å². The highest BCUT2D eigenvalue weighted by atomic mass is 13.9. The summed E-state index contributed by atoms with van der Waals surface area (Å²) in [4.78, 5) is 0. The molecule has 0 aliphatic rings. The molecule has 0 heteroatoms. The minimum absolute atomic E-state index is 1.15. The van der Waals surface area contributed by atoms with E-state index in [0.717, 1.165) is 6.42 Å². The van der Waals surface area contributed by atoms with Gasteiger partial charge in [0.15, 0.2) is 0 Å². The minimum Gasteiger partial charge on any atom is -0.103 e. The number of hydrogen-bond donors (Lipinski definition) is 0. The van der Waals surface area contributed by atoms with Crippen LogP contribution in [0.25, 0.3) is 0 Å². The first-order valence-electron chi connectivity index (χ1n) is 10.5. The molecule has 0 aliphatic carbocycles. The van der Waals surface area contributed by atoms with E-state index in [1.54, 1.807) is 0 Å². The van der Waals surface area contributed by atoms with Gasteiger partial charge in [-0.3, -0.25) is 0 Å². The molecule has 0 aromatic rings. The Hall–Kier alpha value is -0.520. The van der Waals surface area contributed by atoms with Crippen LogP contribution in [0.15, 0.2) is 25.3 Å². The molecule has 0 fully saturated rings. The third-order valence-electron chi connectivity index (χ3n) is 3.71. The Labute approximate surface area is 149 Å². The fourth-order valence-corrected chi connectivity index (χ4v) is 2.13. The fourth-order valence-electron chi connectivity index (χ4n) is 2.13. The Morgan fingerprint density at radius 3 is 1.09 bits per heavy atom. The van der Waals surface area contributed by atoms with Gasteiger partial charge in [0.25, 0.3) is 0 Å². The second kappa shape index (κ2) is 33.2. The van der Waals surface area contributed by atoms with Crippen LogP contribution >= 0.6 is 0 Å². The lowest BCUT2D eigenvalue weighted by atomic mass is 10.1. The zero-order chi connectivity index (χ0) is 18.0. The van der Waals surface area contributed by atoms with Crippen LogP contribution in [0.3, 0.4) is 0 Å². The molecule has 23 heavy (non-hydrogen) atoms. The van der Waals surface area contributed by atoms with Crippen molar-refractivity contribution in [3.05, 3.63) is 25.3 Å². The predicted octanol–water partition coefficient (Wildman–Crippen LogP) is 9.26. The summed E-state index contributed by atoms with van der Waals surface area (Å²) in [5, 5.41) is 0. The molecule has 0 unspecified atom stereocenters. The molecule has 0 N–H and O–H groups in total. The third kappa shape index (κ3) is 44.9. The van der Waals surface area contributed by atoms with E-state index in [-0.39, 0.29) is 0 Å². The molecule has 0 rings (SSSR count). The molecule has 0 aromatic carbocycles. The van der Waals surface area contributed by atoms with E-state index in [1.165, 1.54) is 89.9 Å². The highest BCUT2D eigenvalue weighted by Crippen LogP contribution is 2.08. The molecule has 0 radical (unpaired) electrons. The lowest BCUT2D eigenvalue weighted by Gasteiger charge is -1.98. The van der Waals surface area contributed by atoms with Crippen LogP contribution in [0.1, 0.15) is 124 Å². The predicted molar refractivity (Wildman–Crippen MR) is 112 cm³/mol. The van der Waals surface area contributed by atoms with E-state index in [1.807, 2.05) is 12.2 Å². The fraction of sp³-hybridized carbons (Fsp3) is 0.826. The normalized spacial score (nSPS) is 9.22. The van der Waals surface area contributed by atoms with Crippen LogP contribution in [0.2, 0.25) is 0 Å². The first kappa shape index (κ1) is 27.3. The van der Waals surface area contributed by atoms with Gasteiger partial charge in [0.1, 0.15) is 0 Å². The lowest BCUT2D eigenvalue weighted by molar-refractivity contribution is 0.592. The Balaban J connectivity index is -0.000000286. The van der Waals surface area contributed by atoms with Crippen LogP contribution in [0.4, 0.5) is 0 Å². The average molecular weight is 325 g/mol. The molecule has 0 amide bonds. The van der Waals surface area contributed by atoms with Gasteiger partial charge in [0, 0.05) is 0 Å². The molecule has 140 valence electrons. The van der Waals surface area contributed by atoms with E-state index >= 15 is 0 Å². The van der Waals surface area contributed by atoms with Crippen molar-refractivity contribution in [3.63, 3.8) is 0 Å². The summed E-state index contributed by atoms with van der Waals surface area (Å²) in [5.74, 6) is 0. The molecule has 0 heterocycles. The van der Waals surface area contributed by atoms with E-state index in [9.17, 15) is 0 Å². The summed E-state index contributed by atoms with van der Waals surface area (Å²) in [6.45, 7) is 16.2. The zero-order valence-electron chi connectivity index (χ0n) is 17.2. The maximum Gasteiger partial charge on any atom is -0.0353 e. The van der Waals surface area contributed by atoms with Gasteiger partial charge < -0.3 is 0 Å². The minimum atomic E-state index is 1.15. The first-order chi connectivity index (χ1) is 11.2. The highest BCUT2D eigenvalue weighted by Gasteiger charge is 1.88. The van der Waals surface area contributed by atoms with Crippen LogP contribution in [0.5, 0.6) is 0 Å². The highest BCUT2D eigenvalue weighted by molar-refractivity contribution is 4.65. The quantitative estimate of drug-likeness (QED) is 0.220. The Morgan fingerprint density at radius 1 is 0.435 bits per heavy atom. The van der Waals surface area contributed by atoms with Gasteiger partial charge in [0.05, 0.1) is 0 Å². The summed E-state index contributed by atoms with van der Waals surface area (Å²) in [7, 11) is 0. The van der Waals surface area contributed by atoms with Gasteiger partial charge in [0.2, 0.25) is 0 Å². The van der Waals surface area contributed by atoms with Crippen molar-refractivity contribution in [1.82, 2.24) is 0 Å². The van der Waals surface area contributed by atoms with E-state index < -0.39 is 0 Å². The Morgan fingerprint density at radius 2 is 0.783 bits per heavy atom. The standard InChI is InChI=1S/C11H22.C7H16.C5H10/c1-3-5-7-9-11-10-8-6-4-2;1-3-5-7-6-4-2;1-3-5-4-2/h3H,1,4-11H2,2H3;3-7H2,1-2H3;3H,1,4-5H2,2H3. The number of unbranched alkanes of at least 4 members (excludes halogenated alkanes) is 12. The van der Waals surface area contributed by atoms with Crippen LogP contribution in [-0.4, -0.2) is 0 Å². The smallest absolute Gasteiger partial charge is 0.0353 e. The molecule has 0 saturated heterocycles. The van der Waals surface area contributed by atoms with E-state index in [2.05, 4.69) is 40.9 Å². The SMILES string of the molecule is C=CCCC.C=CCCCCCCCCC.CCCCCCC. The van der Waals surface area contributed by atoms with Crippen molar-refractivity contribution in [2.24, 2.45) is 0 Å². The molecule has 0 atom stereocenters. The molecular weight excluding hydrogens is 276 g/mol. The van der Waals surface area contributed by atoms with Crippen LogP contribution < -0.4 is 0 Å². The molecular formula is C23H48. The molecule has 0 spiro atoms. The zero-order valence-corrected chi connectivity index (χ0v) is 17.2. The van der Waals surface area contributed by atoms with Crippen LogP contribution in [0, 0.1) is 0 Å². The molecule has 0 saturated carbocycles. The number of rotatable bonds is 14. The molecule has 0 aliphatic heterocycles. The largest absolute Gasteiger partial charge is 0.103 e. The van der Waals surface area contributed by atoms with Gasteiger partial charge >= 0.3 is 0 Å². The first-order valence-corrected chi connectivity index (χ1v) is 10.5. The molecule has 0 bridgehead atoms. The monoisotopic (exact) mass is 324 g/mol. The lowest BCUT2D eigenvalue weighted by Crippen LogP contribution is -1.78. The van der Waals surface area contributed by atoms with Gasteiger partial charge in [-0.05, 0) is 19.3 Å². The van der Waals surface area contributed by atoms with Crippen LogP contribution in [-0.2, 0) is 0 Å². The summed E-state index contributed by atoms with van der Waals surface area (Å²) in [5.41, 5.74) is 0. The number of hydrogen-bond acceptors (Lipinski definition) is 0. The summed E-state index contributed by atoms with van der Waals surface area (Å²) in [6.07, 6.45) is 24.3. The maximum atomic E-state index is 3.71. The second-order valence-corrected chi connectivity index (χ2v) is 6.34. The summed E-state index contributed by atoms with van der Waals surface area (Å²) in [6, 6.07) is 0. The summed E-state index contributed by atoms with van der Waals surface area (Å²) >= 11 is 0. The van der Waals surface area contributed by atoms with Crippen molar-refractivity contribution in [2.75, 3.05) is 0 Å². The van der Waals surface area contributed by atoms with Crippen molar-refractivity contribution in [1.29, 1.82) is 0 Å². The molecule has 0 nitrogen and oxygen atoms in total. The van der Waals surface area contributed by atoms with Gasteiger partial charge in [-0.15, -0.1) is 13.2 Å². The van der Waals surface area contributed by atoms with Crippen molar-refractivity contribution >= 4 is 0 Å². The van der Waals surface area contributed by atoms with E-state index in [0.29, 0.717) is 0 Å². The Bertz CT molecular complexity index is 176. The number of allylic oxidation sites excluding steroid dienone is 2. The second-order valence-electron chi connectivity index (χ2n) is 6.34. The maximum absolute atomic E-state index is 3.71. The van der Waals surface area contributed by atoms with E-state index in [4.69, 9.17) is 0 Å². The molecule has 0 aromatic heterocycles. The van der Waals surface area contributed by atoms with Gasteiger partial charge in [-0.1, -0.05) is 117 Å². The summed E-state index contributed by atoms with van der Waals surface area (Å²) < 4.78 is 0. The van der Waals surface area contributed by atoms with Gasteiger partial charge in [-0.2, -0.15) is 0 Å². The average Bonchev–Trinajstić information content (AvgIpc) is 2.57. The van der Waals surface area contributed by atoms with Gasteiger partial charge in [-0.25, -0.2) is 0 Å². The Kier molecular flexibility index (Phi) is 39.4. The third-order valence-corrected chi connectivity index (χ3v) is 3.71. The van der Waals surface area contributed by atoms with Crippen molar-refractivity contribution in [2.45, 2.75) is 124 Å². The van der Waals surface area contributed by atoms with Crippen molar-refractivity contribution in [3.8, 4) is 0 Å². The topological polar surface area (TPSA) is 0 Å².